The molecule has 0 saturated carbocycles. The van der Waals surface area contributed by atoms with Crippen LogP contribution in [-0.2, 0) is 0 Å². The molecule has 108 valence electrons. The quantitative estimate of drug-likeness (QED) is 0.768. The molecule has 1 atom stereocenters. The Hall–Kier alpha value is -2.81. The van der Waals surface area contributed by atoms with Gasteiger partial charge in [-0.3, -0.25) is 9.89 Å². The number of H-pyrrole nitrogens is 1. The lowest BCUT2D eigenvalue weighted by atomic mass is 9.93. The Kier molecular flexibility index (Phi) is 2.86. The van der Waals surface area contributed by atoms with Crippen molar-refractivity contribution in [3.05, 3.63) is 93.4 Å². The van der Waals surface area contributed by atoms with Gasteiger partial charge in [0.2, 0.25) is 0 Å². The number of hydrogen-bond donors (Lipinski definition) is 1. The molecule has 4 rings (SSSR count). The number of para-hydroxylation sites is 1. The second-order valence-corrected chi connectivity index (χ2v) is 5.59. The Morgan fingerprint density at radius 3 is 2.55 bits per heavy atom. The summed E-state index contributed by atoms with van der Waals surface area (Å²) in [5.41, 5.74) is 5.01. The van der Waals surface area contributed by atoms with Gasteiger partial charge in [0.05, 0.1) is 11.3 Å². The predicted molar refractivity (Wildman–Crippen MR) is 88.4 cm³/mol. The molecule has 1 aliphatic rings. The van der Waals surface area contributed by atoms with Crippen molar-refractivity contribution in [2.45, 2.75) is 12.8 Å². The average molecular weight is 288 g/mol. The first kappa shape index (κ1) is 12.9. The van der Waals surface area contributed by atoms with Gasteiger partial charge in [0.25, 0.3) is 5.56 Å². The smallest absolute Gasteiger partial charge is 0.275 e. The normalized spacial score (nSPS) is 16.0. The van der Waals surface area contributed by atoms with Crippen molar-refractivity contribution in [3.8, 4) is 5.69 Å². The summed E-state index contributed by atoms with van der Waals surface area (Å²) < 4.78 is 1.62. The van der Waals surface area contributed by atoms with Crippen LogP contribution in [0, 0.1) is 6.92 Å². The van der Waals surface area contributed by atoms with Crippen molar-refractivity contribution in [1.29, 1.82) is 0 Å². The summed E-state index contributed by atoms with van der Waals surface area (Å²) in [6.07, 6.45) is 4.20. The summed E-state index contributed by atoms with van der Waals surface area (Å²) in [4.78, 5) is 12.9. The third-order valence-corrected chi connectivity index (χ3v) is 4.24. The minimum Gasteiger partial charge on any atom is -0.295 e. The van der Waals surface area contributed by atoms with Crippen LogP contribution < -0.4 is 5.56 Å². The number of fused-ring (bicyclic) bond motifs is 1. The molecular formula is C19H16N2O. The van der Waals surface area contributed by atoms with E-state index in [4.69, 9.17) is 0 Å². The van der Waals surface area contributed by atoms with E-state index in [1.165, 1.54) is 11.1 Å². The lowest BCUT2D eigenvalue weighted by Gasteiger charge is -2.09. The number of nitrogens with one attached hydrogen (secondary N) is 1. The Labute approximate surface area is 128 Å². The highest BCUT2D eigenvalue weighted by Gasteiger charge is 2.25. The molecule has 2 aromatic carbocycles. The van der Waals surface area contributed by atoms with E-state index in [0.717, 1.165) is 16.9 Å². The molecule has 1 N–H and O–H groups in total. The van der Waals surface area contributed by atoms with E-state index in [-0.39, 0.29) is 11.5 Å². The second kappa shape index (κ2) is 4.88. The van der Waals surface area contributed by atoms with Crippen LogP contribution in [0.3, 0.4) is 0 Å². The first-order valence-electron chi connectivity index (χ1n) is 7.40. The molecule has 0 fully saturated rings. The zero-order valence-electron chi connectivity index (χ0n) is 12.3. The van der Waals surface area contributed by atoms with Crippen LogP contribution in [0.5, 0.6) is 0 Å². The standard InChI is InChI=1S/C19H16N2O/c1-13-18(17-12-11-14-7-5-6-10-16(14)17)19(22)21(20-13)15-8-3-2-4-9-15/h2-12,17,20H,1H3. The Bertz CT molecular complexity index is 916. The Morgan fingerprint density at radius 2 is 1.73 bits per heavy atom. The van der Waals surface area contributed by atoms with E-state index in [0.29, 0.717) is 0 Å². The fraction of sp³-hybridized carbons (Fsp3) is 0.105. The Balaban J connectivity index is 1.87. The van der Waals surface area contributed by atoms with Gasteiger partial charge < -0.3 is 0 Å². The molecule has 0 radical (unpaired) electrons. The molecule has 0 saturated heterocycles. The van der Waals surface area contributed by atoms with Gasteiger partial charge in [0.15, 0.2) is 0 Å². The van der Waals surface area contributed by atoms with Gasteiger partial charge in [-0.1, -0.05) is 54.6 Å². The highest BCUT2D eigenvalue weighted by molar-refractivity contribution is 5.65. The molecule has 0 bridgehead atoms. The third-order valence-electron chi connectivity index (χ3n) is 4.24. The molecule has 0 aliphatic heterocycles. The largest absolute Gasteiger partial charge is 0.295 e. The minimum atomic E-state index is 0.0232. The molecule has 3 aromatic rings. The van der Waals surface area contributed by atoms with Crippen LogP contribution in [0.4, 0.5) is 0 Å². The Morgan fingerprint density at radius 1 is 1.00 bits per heavy atom. The zero-order chi connectivity index (χ0) is 15.1. The van der Waals surface area contributed by atoms with E-state index in [1.54, 1.807) is 4.68 Å². The van der Waals surface area contributed by atoms with Crippen molar-refractivity contribution in [2.24, 2.45) is 0 Å². The van der Waals surface area contributed by atoms with E-state index >= 15 is 0 Å². The fourth-order valence-corrected chi connectivity index (χ4v) is 3.19. The number of allylic oxidation sites excluding steroid dienone is 1. The van der Waals surface area contributed by atoms with Crippen LogP contribution in [0.15, 0.2) is 65.5 Å². The maximum atomic E-state index is 12.9. The number of rotatable bonds is 2. The van der Waals surface area contributed by atoms with Gasteiger partial charge in [-0.2, -0.15) is 0 Å². The number of aryl methyl sites for hydroxylation is 1. The molecule has 1 aromatic heterocycles. The fourth-order valence-electron chi connectivity index (χ4n) is 3.19. The summed E-state index contributed by atoms with van der Waals surface area (Å²) in [6, 6.07) is 17.9. The molecule has 3 heteroatoms. The van der Waals surface area contributed by atoms with Crippen LogP contribution in [0.1, 0.15) is 28.3 Å². The van der Waals surface area contributed by atoms with Gasteiger partial charge >= 0.3 is 0 Å². The van der Waals surface area contributed by atoms with E-state index in [9.17, 15) is 4.79 Å². The van der Waals surface area contributed by atoms with Gasteiger partial charge in [0.1, 0.15) is 0 Å². The molecule has 1 unspecified atom stereocenters. The van der Waals surface area contributed by atoms with Crippen molar-refractivity contribution in [3.63, 3.8) is 0 Å². The first-order chi connectivity index (χ1) is 10.8. The molecule has 0 spiro atoms. The minimum absolute atomic E-state index is 0.0232. The summed E-state index contributed by atoms with van der Waals surface area (Å²) in [7, 11) is 0. The third kappa shape index (κ3) is 1.86. The molecular weight excluding hydrogens is 272 g/mol. The maximum Gasteiger partial charge on any atom is 0.275 e. The number of hydrogen-bond acceptors (Lipinski definition) is 1. The summed E-state index contributed by atoms with van der Waals surface area (Å²) in [5.74, 6) is 0.0323. The molecule has 0 amide bonds. The molecule has 22 heavy (non-hydrogen) atoms. The van der Waals surface area contributed by atoms with Gasteiger partial charge in [-0.25, -0.2) is 4.68 Å². The van der Waals surface area contributed by atoms with Crippen LogP contribution in [-0.4, -0.2) is 9.78 Å². The van der Waals surface area contributed by atoms with Crippen LogP contribution >= 0.6 is 0 Å². The van der Waals surface area contributed by atoms with E-state index in [1.807, 2.05) is 49.4 Å². The van der Waals surface area contributed by atoms with Gasteiger partial charge in [-0.05, 0) is 30.2 Å². The number of nitrogens with zero attached hydrogens (tertiary/aromatic N) is 1. The van der Waals surface area contributed by atoms with Crippen molar-refractivity contribution < 1.29 is 0 Å². The van der Waals surface area contributed by atoms with Crippen molar-refractivity contribution in [1.82, 2.24) is 9.78 Å². The summed E-state index contributed by atoms with van der Waals surface area (Å²) >= 11 is 0. The number of aromatic amines is 1. The SMILES string of the molecule is Cc1[nH]n(-c2ccccc2)c(=O)c1C1C=Cc2ccccc21. The van der Waals surface area contributed by atoms with E-state index < -0.39 is 0 Å². The number of benzene rings is 2. The zero-order valence-corrected chi connectivity index (χ0v) is 12.3. The van der Waals surface area contributed by atoms with Crippen LogP contribution in [0.25, 0.3) is 11.8 Å². The summed E-state index contributed by atoms with van der Waals surface area (Å²) in [6.45, 7) is 1.96. The molecule has 1 heterocycles. The number of aromatic nitrogens is 2. The lowest BCUT2D eigenvalue weighted by Crippen LogP contribution is -2.19. The maximum absolute atomic E-state index is 12.9. The van der Waals surface area contributed by atoms with Gasteiger partial charge in [0, 0.05) is 11.6 Å². The lowest BCUT2D eigenvalue weighted by molar-refractivity contribution is 0.834. The van der Waals surface area contributed by atoms with E-state index in [2.05, 4.69) is 29.4 Å². The molecule has 1 aliphatic carbocycles. The monoisotopic (exact) mass is 288 g/mol. The highest BCUT2D eigenvalue weighted by atomic mass is 16.1. The molecule has 3 nitrogen and oxygen atoms in total. The second-order valence-electron chi connectivity index (χ2n) is 5.59. The van der Waals surface area contributed by atoms with Gasteiger partial charge in [-0.15, -0.1) is 0 Å². The van der Waals surface area contributed by atoms with Crippen molar-refractivity contribution in [2.75, 3.05) is 0 Å². The first-order valence-corrected chi connectivity index (χ1v) is 7.40. The van der Waals surface area contributed by atoms with Crippen LogP contribution in [0.2, 0.25) is 0 Å². The topological polar surface area (TPSA) is 37.8 Å². The highest BCUT2D eigenvalue weighted by Crippen LogP contribution is 2.34. The predicted octanol–water partition coefficient (Wildman–Crippen LogP) is 3.63. The average Bonchev–Trinajstić information content (AvgIpc) is 3.09. The van der Waals surface area contributed by atoms with Crippen molar-refractivity contribution >= 4 is 6.08 Å². The summed E-state index contributed by atoms with van der Waals surface area (Å²) in [5, 5.41) is 3.21.